The third-order valence-corrected chi connectivity index (χ3v) is 6.40. The Morgan fingerprint density at radius 2 is 1.87 bits per heavy atom. The highest BCUT2D eigenvalue weighted by molar-refractivity contribution is 9.10. The average molecular weight is 478 g/mol. The quantitative estimate of drug-likeness (QED) is 0.461. The van der Waals surface area contributed by atoms with Gasteiger partial charge in [-0.3, -0.25) is 0 Å². The molecule has 0 saturated carbocycles. The minimum atomic E-state index is -4.52. The van der Waals surface area contributed by atoms with E-state index in [4.69, 9.17) is 10.5 Å². The lowest BCUT2D eigenvalue weighted by atomic mass is 9.75. The van der Waals surface area contributed by atoms with Crippen LogP contribution in [0.2, 0.25) is 0 Å². The smallest absolute Gasteiger partial charge is 0.405 e. The Morgan fingerprint density at radius 1 is 1.13 bits per heavy atom. The summed E-state index contributed by atoms with van der Waals surface area (Å²) in [4.78, 5) is 11.6. The zero-order chi connectivity index (χ0) is 21.5. The molecule has 0 bridgehead atoms. The van der Waals surface area contributed by atoms with Gasteiger partial charge >= 0.3 is 12.3 Å². The van der Waals surface area contributed by atoms with Crippen LogP contribution in [0.5, 0.6) is 0 Å². The minimum absolute atomic E-state index is 0.105. The van der Waals surface area contributed by atoms with Crippen molar-refractivity contribution in [3.63, 3.8) is 0 Å². The van der Waals surface area contributed by atoms with E-state index in [0.717, 1.165) is 15.2 Å². The first kappa shape index (κ1) is 20.7. The number of amides is 1. The third-order valence-electron chi connectivity index (χ3n) is 5.91. The van der Waals surface area contributed by atoms with Crippen LogP contribution in [0.25, 0.3) is 10.8 Å². The molecule has 30 heavy (non-hydrogen) atoms. The van der Waals surface area contributed by atoms with Gasteiger partial charge in [0.2, 0.25) is 0 Å². The Hall–Kier alpha value is -2.54. The summed E-state index contributed by atoms with van der Waals surface area (Å²) >= 11 is 3.33. The van der Waals surface area contributed by atoms with Crippen LogP contribution < -0.4 is 5.73 Å². The van der Waals surface area contributed by atoms with Gasteiger partial charge in [0.25, 0.3) is 0 Å². The molecule has 0 radical (unpaired) electrons. The standard InChI is InChI=1S/C23H19BrF3NO2/c24-16-8-9-19-15(12-16)10-11-22(19,23(25,26)27)13-20(30-21(28)29)18-7-3-5-14-4-1-2-6-17(14)18/h1-9,12,20H,10-11,13H2,(H2,28,29)/t20?,22-/m1/s1. The zero-order valence-electron chi connectivity index (χ0n) is 15.9. The van der Waals surface area contributed by atoms with Gasteiger partial charge in [-0.15, -0.1) is 0 Å². The maximum atomic E-state index is 14.5. The van der Waals surface area contributed by atoms with Gasteiger partial charge in [0.15, 0.2) is 0 Å². The molecule has 1 amide bonds. The highest BCUT2D eigenvalue weighted by Crippen LogP contribution is 2.55. The lowest BCUT2D eigenvalue weighted by molar-refractivity contribution is -0.198. The second-order valence-corrected chi connectivity index (χ2v) is 8.50. The Morgan fingerprint density at radius 3 is 2.60 bits per heavy atom. The van der Waals surface area contributed by atoms with Crippen LogP contribution in [0.3, 0.4) is 0 Å². The summed E-state index contributed by atoms with van der Waals surface area (Å²) in [5, 5.41) is 1.59. The lowest BCUT2D eigenvalue weighted by Gasteiger charge is -2.36. The average Bonchev–Trinajstić information content (AvgIpc) is 3.05. The molecule has 0 aliphatic heterocycles. The fourth-order valence-electron chi connectivity index (χ4n) is 4.54. The Balaban J connectivity index is 1.85. The number of primary amides is 1. The van der Waals surface area contributed by atoms with Gasteiger partial charge < -0.3 is 10.5 Å². The normalized spacial score (nSPS) is 19.5. The summed E-state index contributed by atoms with van der Waals surface area (Å²) in [5.74, 6) is 0. The fraction of sp³-hybridized carbons (Fsp3) is 0.261. The molecule has 3 nitrogen and oxygen atoms in total. The van der Waals surface area contributed by atoms with Crippen LogP contribution in [0.15, 0.2) is 65.1 Å². The van der Waals surface area contributed by atoms with E-state index in [2.05, 4.69) is 15.9 Å². The summed E-state index contributed by atoms with van der Waals surface area (Å²) in [7, 11) is 0. The highest BCUT2D eigenvalue weighted by atomic mass is 79.9. The van der Waals surface area contributed by atoms with Crippen LogP contribution in [0.1, 0.15) is 35.6 Å². The van der Waals surface area contributed by atoms with E-state index < -0.39 is 30.2 Å². The first-order valence-corrected chi connectivity index (χ1v) is 10.3. The summed E-state index contributed by atoms with van der Waals surface area (Å²) in [5.41, 5.74) is 4.54. The second kappa shape index (κ2) is 7.61. The van der Waals surface area contributed by atoms with Gasteiger partial charge in [-0.2, -0.15) is 13.2 Å². The van der Waals surface area contributed by atoms with Crippen molar-refractivity contribution in [2.45, 2.75) is 37.0 Å². The number of halogens is 4. The number of rotatable bonds is 4. The number of alkyl halides is 3. The third kappa shape index (κ3) is 3.55. The number of aryl methyl sites for hydroxylation is 1. The first-order valence-electron chi connectivity index (χ1n) is 9.51. The van der Waals surface area contributed by atoms with E-state index in [-0.39, 0.29) is 12.0 Å². The topological polar surface area (TPSA) is 52.3 Å². The highest BCUT2D eigenvalue weighted by Gasteiger charge is 2.59. The summed E-state index contributed by atoms with van der Waals surface area (Å²) in [6.45, 7) is 0. The van der Waals surface area contributed by atoms with Crippen molar-refractivity contribution in [3.8, 4) is 0 Å². The van der Waals surface area contributed by atoms with Gasteiger partial charge in [0.1, 0.15) is 6.10 Å². The number of ether oxygens (including phenoxy) is 1. The molecular weight excluding hydrogens is 459 g/mol. The van der Waals surface area contributed by atoms with Gasteiger partial charge in [0.05, 0.1) is 5.41 Å². The van der Waals surface area contributed by atoms with E-state index in [1.807, 2.05) is 24.3 Å². The predicted molar refractivity (Wildman–Crippen MR) is 112 cm³/mol. The van der Waals surface area contributed by atoms with Gasteiger partial charge in [-0.25, -0.2) is 4.79 Å². The molecule has 0 saturated heterocycles. The Bertz CT molecular complexity index is 1110. The van der Waals surface area contributed by atoms with Gasteiger partial charge in [-0.05, 0) is 46.9 Å². The number of nitrogens with two attached hydrogens (primary N) is 1. The van der Waals surface area contributed by atoms with Gasteiger partial charge in [-0.1, -0.05) is 64.5 Å². The number of carbonyl (C=O) groups excluding carboxylic acids is 1. The molecule has 1 unspecified atom stereocenters. The number of hydrogen-bond donors (Lipinski definition) is 1. The van der Waals surface area contributed by atoms with Crippen molar-refractivity contribution in [3.05, 3.63) is 81.8 Å². The maximum absolute atomic E-state index is 14.5. The number of carbonyl (C=O) groups is 1. The van der Waals surface area contributed by atoms with Crippen molar-refractivity contribution in [2.24, 2.45) is 5.73 Å². The number of benzene rings is 3. The molecule has 2 atom stereocenters. The van der Waals surface area contributed by atoms with E-state index in [9.17, 15) is 18.0 Å². The van der Waals surface area contributed by atoms with Crippen molar-refractivity contribution in [2.75, 3.05) is 0 Å². The van der Waals surface area contributed by atoms with E-state index in [0.29, 0.717) is 17.5 Å². The predicted octanol–water partition coefficient (Wildman–Crippen LogP) is 6.58. The molecular formula is C23H19BrF3NO2. The van der Waals surface area contributed by atoms with Crippen molar-refractivity contribution in [1.29, 1.82) is 0 Å². The first-order chi connectivity index (χ1) is 14.2. The second-order valence-electron chi connectivity index (χ2n) is 7.58. The van der Waals surface area contributed by atoms with E-state index >= 15 is 0 Å². The van der Waals surface area contributed by atoms with Crippen LogP contribution in [-0.4, -0.2) is 12.3 Å². The molecule has 3 aromatic rings. The lowest BCUT2D eigenvalue weighted by Crippen LogP contribution is -2.42. The van der Waals surface area contributed by atoms with Crippen LogP contribution >= 0.6 is 15.9 Å². The van der Waals surface area contributed by atoms with Crippen molar-refractivity contribution < 1.29 is 22.7 Å². The summed E-state index contributed by atoms with van der Waals surface area (Å²) in [6, 6.07) is 17.5. The fourth-order valence-corrected chi connectivity index (χ4v) is 4.95. The number of hydrogen-bond acceptors (Lipinski definition) is 2. The summed E-state index contributed by atoms with van der Waals surface area (Å²) in [6.07, 6.45) is -6.99. The largest absolute Gasteiger partial charge is 0.441 e. The SMILES string of the molecule is NC(=O)OC(C[C@]1(C(F)(F)F)CCc2cc(Br)ccc21)c1cccc2ccccc12. The molecule has 0 fully saturated rings. The van der Waals surface area contributed by atoms with E-state index in [1.165, 1.54) is 6.07 Å². The molecule has 2 N–H and O–H groups in total. The minimum Gasteiger partial charge on any atom is -0.441 e. The molecule has 1 aliphatic carbocycles. The number of fused-ring (bicyclic) bond motifs is 2. The Labute approximate surface area is 180 Å². The Kier molecular flexibility index (Phi) is 5.26. The van der Waals surface area contributed by atoms with Gasteiger partial charge in [0, 0.05) is 16.5 Å². The molecule has 3 aromatic carbocycles. The monoisotopic (exact) mass is 477 g/mol. The molecule has 7 heteroatoms. The van der Waals surface area contributed by atoms with E-state index in [1.54, 1.807) is 30.3 Å². The van der Waals surface area contributed by atoms with Crippen LogP contribution in [0, 0.1) is 0 Å². The molecule has 1 aliphatic rings. The van der Waals surface area contributed by atoms with Crippen LogP contribution in [-0.2, 0) is 16.6 Å². The molecule has 0 heterocycles. The van der Waals surface area contributed by atoms with Crippen LogP contribution in [0.4, 0.5) is 18.0 Å². The van der Waals surface area contributed by atoms with Crippen molar-refractivity contribution in [1.82, 2.24) is 0 Å². The zero-order valence-corrected chi connectivity index (χ0v) is 17.5. The van der Waals surface area contributed by atoms with Crippen molar-refractivity contribution >= 4 is 32.8 Å². The molecule has 0 aromatic heterocycles. The molecule has 0 spiro atoms. The molecule has 4 rings (SSSR count). The molecule has 156 valence electrons. The summed E-state index contributed by atoms with van der Waals surface area (Å²) < 4.78 is 49.6. The maximum Gasteiger partial charge on any atom is 0.405 e.